The molecule has 4 aliphatic rings. The number of thiophene rings is 1. The molecule has 0 bridgehead atoms. The monoisotopic (exact) mass is 599 g/mol. The van der Waals surface area contributed by atoms with E-state index in [2.05, 4.69) is 18.8 Å². The summed E-state index contributed by atoms with van der Waals surface area (Å²) in [7, 11) is 0. The van der Waals surface area contributed by atoms with Gasteiger partial charge in [0.2, 0.25) is 5.91 Å². The predicted octanol–water partition coefficient (Wildman–Crippen LogP) is 7.06. The molecule has 1 saturated heterocycles. The van der Waals surface area contributed by atoms with Gasteiger partial charge >= 0.3 is 5.97 Å². The van der Waals surface area contributed by atoms with Gasteiger partial charge in [-0.25, -0.2) is 4.79 Å². The highest BCUT2D eigenvalue weighted by Gasteiger charge is 2.38. The maximum Gasteiger partial charge on any atom is 0.348 e. The summed E-state index contributed by atoms with van der Waals surface area (Å²) in [4.78, 5) is 29.5. The Kier molecular flexibility index (Phi) is 10.7. The van der Waals surface area contributed by atoms with Crippen LogP contribution in [0.5, 0.6) is 0 Å². The van der Waals surface area contributed by atoms with Gasteiger partial charge in [0, 0.05) is 24.0 Å². The van der Waals surface area contributed by atoms with E-state index in [1.165, 1.54) is 24.2 Å². The van der Waals surface area contributed by atoms with E-state index in [1.54, 1.807) is 0 Å². The molecule has 1 aromatic heterocycles. The molecule has 4 fully saturated rings. The molecule has 0 radical (unpaired) electrons. The minimum absolute atomic E-state index is 0.0211. The van der Waals surface area contributed by atoms with Crippen molar-refractivity contribution in [2.75, 3.05) is 24.7 Å². The number of carboxylic acids is 1. The fraction of sp³-hybridized carbons (Fsp3) is 0.765. The van der Waals surface area contributed by atoms with E-state index in [-0.39, 0.29) is 35.0 Å². The molecule has 0 aromatic carbocycles. The summed E-state index contributed by atoms with van der Waals surface area (Å²) in [6.45, 7) is 8.16. The fourth-order valence-corrected chi connectivity index (χ4v) is 7.79. The molecule has 0 spiro atoms. The molecule has 2 heterocycles. The second-order valence-corrected chi connectivity index (χ2v) is 14.8. The van der Waals surface area contributed by atoms with Gasteiger partial charge in [-0.2, -0.15) is 0 Å². The number of anilines is 1. The number of hydrogen-bond donors (Lipinski definition) is 1. The average molecular weight is 600 g/mol. The zero-order valence-electron chi connectivity index (χ0n) is 25.7. The number of nitrogens with zero attached hydrogens (tertiary/aromatic N) is 1. The van der Waals surface area contributed by atoms with Gasteiger partial charge in [-0.1, -0.05) is 31.6 Å². The van der Waals surface area contributed by atoms with E-state index in [0.29, 0.717) is 35.8 Å². The van der Waals surface area contributed by atoms with Crippen LogP contribution in [0.2, 0.25) is 0 Å². The summed E-state index contributed by atoms with van der Waals surface area (Å²) in [5.41, 5.74) is 0.125. The largest absolute Gasteiger partial charge is 0.477 e. The lowest BCUT2D eigenvalue weighted by molar-refractivity contribution is -0.124. The molecule has 1 amide bonds. The molecule has 7 nitrogen and oxygen atoms in total. The van der Waals surface area contributed by atoms with Gasteiger partial charge < -0.3 is 24.2 Å². The smallest absolute Gasteiger partial charge is 0.348 e. The zero-order chi connectivity index (χ0) is 29.7. The van der Waals surface area contributed by atoms with Crippen LogP contribution in [0, 0.1) is 29.1 Å². The van der Waals surface area contributed by atoms with Crippen LogP contribution >= 0.6 is 11.3 Å². The van der Waals surface area contributed by atoms with Gasteiger partial charge in [-0.3, -0.25) is 4.79 Å². The van der Waals surface area contributed by atoms with Crippen molar-refractivity contribution in [3.63, 3.8) is 0 Å². The molecule has 5 rings (SSSR count). The summed E-state index contributed by atoms with van der Waals surface area (Å²) < 4.78 is 17.9. The molecule has 1 unspecified atom stereocenters. The van der Waals surface area contributed by atoms with Crippen molar-refractivity contribution in [3.05, 3.63) is 15.8 Å². The Balaban J connectivity index is 1.35. The van der Waals surface area contributed by atoms with Crippen LogP contribution in [-0.2, 0) is 19.0 Å². The third kappa shape index (κ3) is 8.16. The summed E-state index contributed by atoms with van der Waals surface area (Å²) in [6.07, 6.45) is 13.8. The van der Waals surface area contributed by atoms with Gasteiger partial charge in [0.15, 0.2) is 0 Å². The molecule has 42 heavy (non-hydrogen) atoms. The van der Waals surface area contributed by atoms with Crippen molar-refractivity contribution in [2.45, 2.75) is 129 Å². The molecule has 1 aromatic rings. The maximum absolute atomic E-state index is 14.2. The van der Waals surface area contributed by atoms with E-state index < -0.39 is 11.4 Å². The molecule has 1 N–H and O–H groups in total. The van der Waals surface area contributed by atoms with Crippen LogP contribution < -0.4 is 4.90 Å². The molecule has 3 saturated carbocycles. The Bertz CT molecular complexity index is 1120. The first-order chi connectivity index (χ1) is 20.2. The first-order valence-electron chi connectivity index (χ1n) is 16.3. The number of carbonyl (C=O) groups is 2. The predicted molar refractivity (Wildman–Crippen MR) is 165 cm³/mol. The van der Waals surface area contributed by atoms with Gasteiger partial charge in [-0.15, -0.1) is 11.3 Å². The molecule has 1 atom stereocenters. The lowest BCUT2D eigenvalue weighted by Gasteiger charge is -2.40. The third-order valence-corrected chi connectivity index (χ3v) is 10.6. The fourth-order valence-electron chi connectivity index (χ4n) is 6.95. The highest BCUT2D eigenvalue weighted by Crippen LogP contribution is 2.39. The van der Waals surface area contributed by atoms with Gasteiger partial charge in [0.05, 0.1) is 42.1 Å². The molecule has 232 valence electrons. The Labute approximate surface area is 255 Å². The molecular formula is C34H49NO6S. The quantitative estimate of drug-likeness (QED) is 0.306. The lowest BCUT2D eigenvalue weighted by Crippen LogP contribution is -2.47. The van der Waals surface area contributed by atoms with Crippen molar-refractivity contribution >= 4 is 28.9 Å². The number of hydrogen-bond acceptors (Lipinski definition) is 6. The standard InChI is InChI=1S/C34H49NO6S/c1-23-8-10-24(11-9-23)32(36)35(25-12-14-27(15-13-25)41-26-6-4-5-7-26)30-20-29(42-31(30)33(37)38)16-18-34(2,3)22-40-28-17-19-39-21-28/h20,23-28H,4-15,17,19,21-22H2,1-3H3,(H,37,38). The average Bonchev–Trinajstić information content (AvgIpc) is 3.75. The maximum atomic E-state index is 14.2. The van der Waals surface area contributed by atoms with E-state index in [4.69, 9.17) is 14.2 Å². The summed E-state index contributed by atoms with van der Waals surface area (Å²) in [6, 6.07) is 1.83. The van der Waals surface area contributed by atoms with Crippen molar-refractivity contribution in [2.24, 2.45) is 17.3 Å². The Morgan fingerprint density at radius 2 is 1.69 bits per heavy atom. The first kappa shape index (κ1) is 31.5. The molecular weight excluding hydrogens is 550 g/mol. The third-order valence-electron chi connectivity index (χ3n) is 9.56. The zero-order valence-corrected chi connectivity index (χ0v) is 26.5. The lowest BCUT2D eigenvalue weighted by atomic mass is 9.81. The van der Waals surface area contributed by atoms with Crippen molar-refractivity contribution in [1.29, 1.82) is 0 Å². The first-order valence-corrected chi connectivity index (χ1v) is 17.1. The SMILES string of the molecule is CC1CCC(C(=O)N(c2cc(C#CC(C)(C)COC3CCOC3)sc2C(=O)O)C2CCC(OC3CCCC3)CC2)CC1. The van der Waals surface area contributed by atoms with Crippen LogP contribution in [0.25, 0.3) is 0 Å². The van der Waals surface area contributed by atoms with Crippen molar-refractivity contribution in [3.8, 4) is 11.8 Å². The Morgan fingerprint density at radius 3 is 2.33 bits per heavy atom. The van der Waals surface area contributed by atoms with Gasteiger partial charge in [-0.05, 0) is 96.5 Å². The van der Waals surface area contributed by atoms with Crippen LogP contribution in [-0.4, -0.2) is 61.2 Å². The van der Waals surface area contributed by atoms with Gasteiger partial charge in [0.25, 0.3) is 0 Å². The Hall–Kier alpha value is -1.92. The minimum Gasteiger partial charge on any atom is -0.477 e. The molecule has 8 heteroatoms. The Morgan fingerprint density at radius 1 is 1.00 bits per heavy atom. The molecule has 1 aliphatic heterocycles. The van der Waals surface area contributed by atoms with Crippen molar-refractivity contribution < 1.29 is 28.9 Å². The van der Waals surface area contributed by atoms with Crippen molar-refractivity contribution in [1.82, 2.24) is 0 Å². The summed E-state index contributed by atoms with van der Waals surface area (Å²) >= 11 is 1.18. The highest BCUT2D eigenvalue weighted by atomic mass is 32.1. The minimum atomic E-state index is -1.000. The number of amides is 1. The summed E-state index contributed by atoms with van der Waals surface area (Å²) in [5, 5.41) is 10.3. The number of carbonyl (C=O) groups excluding carboxylic acids is 1. The number of carboxylic acid groups (broad SMARTS) is 1. The van der Waals surface area contributed by atoms with E-state index >= 15 is 0 Å². The molecule has 3 aliphatic carbocycles. The van der Waals surface area contributed by atoms with E-state index in [0.717, 1.165) is 77.2 Å². The number of rotatable bonds is 9. The highest BCUT2D eigenvalue weighted by molar-refractivity contribution is 7.15. The number of ether oxygens (including phenoxy) is 3. The normalized spacial score (nSPS) is 28.8. The van der Waals surface area contributed by atoms with Gasteiger partial charge in [0.1, 0.15) is 4.88 Å². The second kappa shape index (κ2) is 14.2. The number of aromatic carboxylic acids is 1. The topological polar surface area (TPSA) is 85.3 Å². The van der Waals surface area contributed by atoms with Crippen LogP contribution in [0.3, 0.4) is 0 Å². The van der Waals surface area contributed by atoms with E-state index in [1.807, 2.05) is 24.8 Å². The second-order valence-electron chi connectivity index (χ2n) is 13.7. The van der Waals surface area contributed by atoms with Crippen LogP contribution in [0.15, 0.2) is 6.07 Å². The van der Waals surface area contributed by atoms with Crippen LogP contribution in [0.1, 0.15) is 119 Å². The van der Waals surface area contributed by atoms with Crippen LogP contribution in [0.4, 0.5) is 5.69 Å². The van der Waals surface area contributed by atoms with E-state index in [9.17, 15) is 14.7 Å². The summed E-state index contributed by atoms with van der Waals surface area (Å²) in [5.74, 6) is 6.23.